The van der Waals surface area contributed by atoms with Gasteiger partial charge in [0, 0.05) is 19.0 Å². The van der Waals surface area contributed by atoms with Gasteiger partial charge in [0.2, 0.25) is 11.8 Å². The fraction of sp³-hybridized carbons (Fsp3) is 0.556. The van der Waals surface area contributed by atoms with Crippen molar-refractivity contribution < 1.29 is 18.4 Å². The summed E-state index contributed by atoms with van der Waals surface area (Å²) in [5.74, 6) is -1.50. The van der Waals surface area contributed by atoms with Gasteiger partial charge in [-0.3, -0.25) is 14.5 Å². The maximum atomic E-state index is 14.3. The average molecular weight is 334 g/mol. The largest absolute Gasteiger partial charge is 0.351 e. The second-order valence-electron chi connectivity index (χ2n) is 7.19. The fourth-order valence-corrected chi connectivity index (χ4v) is 4.49. The highest BCUT2D eigenvalue weighted by atomic mass is 19.1. The molecule has 2 heterocycles. The van der Waals surface area contributed by atoms with Gasteiger partial charge in [-0.1, -0.05) is 12.8 Å². The van der Waals surface area contributed by atoms with Crippen molar-refractivity contribution in [2.24, 2.45) is 5.41 Å². The van der Waals surface area contributed by atoms with E-state index >= 15 is 0 Å². The van der Waals surface area contributed by atoms with Crippen molar-refractivity contribution >= 4 is 17.5 Å². The minimum absolute atomic E-state index is 0.0645. The van der Waals surface area contributed by atoms with Crippen molar-refractivity contribution in [1.29, 1.82) is 0 Å². The third kappa shape index (κ3) is 2.31. The molecule has 1 aromatic rings. The van der Waals surface area contributed by atoms with Crippen molar-refractivity contribution in [3.8, 4) is 0 Å². The summed E-state index contributed by atoms with van der Waals surface area (Å²) < 4.78 is 27.7. The first-order valence-corrected chi connectivity index (χ1v) is 8.58. The number of fused-ring (bicyclic) bond motifs is 1. The first kappa shape index (κ1) is 15.5. The van der Waals surface area contributed by atoms with Crippen LogP contribution in [0.2, 0.25) is 0 Å². The smallest absolute Gasteiger partial charge is 0.237 e. The number of aryl methyl sites for hydroxylation is 1. The summed E-state index contributed by atoms with van der Waals surface area (Å²) in [6, 6.07) is 2.21. The van der Waals surface area contributed by atoms with Crippen LogP contribution in [0.3, 0.4) is 0 Å². The maximum absolute atomic E-state index is 14.3. The molecule has 1 saturated heterocycles. The van der Waals surface area contributed by atoms with Crippen LogP contribution in [0.25, 0.3) is 0 Å². The van der Waals surface area contributed by atoms with Crippen molar-refractivity contribution in [2.75, 3.05) is 18.1 Å². The molecule has 4 rings (SSSR count). The first-order chi connectivity index (χ1) is 11.5. The summed E-state index contributed by atoms with van der Waals surface area (Å²) in [7, 11) is 0. The minimum Gasteiger partial charge on any atom is -0.351 e. The third-order valence-corrected chi connectivity index (χ3v) is 5.66. The quantitative estimate of drug-likeness (QED) is 0.781. The molecule has 2 fully saturated rings. The van der Waals surface area contributed by atoms with E-state index in [1.54, 1.807) is 4.90 Å². The Morgan fingerprint density at radius 3 is 2.58 bits per heavy atom. The second kappa shape index (κ2) is 5.53. The molecule has 0 radical (unpaired) electrons. The monoisotopic (exact) mass is 334 g/mol. The molecule has 2 aliphatic heterocycles. The molecule has 128 valence electrons. The Bertz CT molecular complexity index is 713. The average Bonchev–Trinajstić information content (AvgIpc) is 3.08. The third-order valence-electron chi connectivity index (χ3n) is 5.66. The topological polar surface area (TPSA) is 40.6 Å². The summed E-state index contributed by atoms with van der Waals surface area (Å²) in [5, 5.41) is 0. The summed E-state index contributed by atoms with van der Waals surface area (Å²) in [6.45, 7) is 0.620. The van der Waals surface area contributed by atoms with Crippen molar-refractivity contribution in [2.45, 2.75) is 44.9 Å². The van der Waals surface area contributed by atoms with Gasteiger partial charge in [-0.25, -0.2) is 8.78 Å². The molecule has 4 nitrogen and oxygen atoms in total. The lowest BCUT2D eigenvalue weighted by Gasteiger charge is -2.34. The lowest BCUT2D eigenvalue weighted by Crippen LogP contribution is -2.45. The highest BCUT2D eigenvalue weighted by Gasteiger charge is 2.52. The number of benzene rings is 1. The molecule has 1 spiro atoms. The Morgan fingerprint density at radius 2 is 1.83 bits per heavy atom. The van der Waals surface area contributed by atoms with E-state index in [4.69, 9.17) is 0 Å². The van der Waals surface area contributed by atoms with E-state index in [1.807, 2.05) is 0 Å². The van der Waals surface area contributed by atoms with Gasteiger partial charge < -0.3 is 4.90 Å². The van der Waals surface area contributed by atoms with Gasteiger partial charge in [0.05, 0.1) is 11.1 Å². The molecule has 6 heteroatoms. The van der Waals surface area contributed by atoms with Crippen LogP contribution in [-0.4, -0.2) is 29.9 Å². The van der Waals surface area contributed by atoms with Crippen LogP contribution in [0.5, 0.6) is 0 Å². The van der Waals surface area contributed by atoms with E-state index in [0.717, 1.165) is 38.2 Å². The van der Waals surface area contributed by atoms with Gasteiger partial charge in [-0.15, -0.1) is 0 Å². The lowest BCUT2D eigenvalue weighted by molar-refractivity contribution is -0.141. The zero-order valence-electron chi connectivity index (χ0n) is 13.5. The predicted octanol–water partition coefficient (Wildman–Crippen LogP) is 2.99. The summed E-state index contributed by atoms with van der Waals surface area (Å²) in [5.41, 5.74) is 0.417. The number of imide groups is 1. The van der Waals surface area contributed by atoms with Gasteiger partial charge in [0.25, 0.3) is 0 Å². The van der Waals surface area contributed by atoms with Crippen LogP contribution in [-0.2, 0) is 16.0 Å². The molecule has 0 unspecified atom stereocenters. The van der Waals surface area contributed by atoms with E-state index in [2.05, 4.69) is 0 Å². The SMILES string of the molecule is O=C1CC2(CCCC2)C(=O)N1CN1CCCc2cc(F)cc(F)c21. The molecule has 0 N–H and O–H groups in total. The predicted molar refractivity (Wildman–Crippen MR) is 84.3 cm³/mol. The van der Waals surface area contributed by atoms with E-state index < -0.39 is 17.0 Å². The number of hydrogen-bond donors (Lipinski definition) is 0. The standard InChI is InChI=1S/C18H20F2N2O2/c19-13-8-12-4-3-7-21(16(12)14(20)9-13)11-22-15(23)10-18(17(22)24)5-1-2-6-18/h8-9H,1-7,10-11H2. The molecule has 2 amide bonds. The maximum Gasteiger partial charge on any atom is 0.237 e. The summed E-state index contributed by atoms with van der Waals surface area (Å²) >= 11 is 0. The number of hydrogen-bond acceptors (Lipinski definition) is 3. The van der Waals surface area contributed by atoms with Crippen molar-refractivity contribution in [1.82, 2.24) is 4.90 Å². The number of anilines is 1. The molecule has 0 aromatic heterocycles. The van der Waals surface area contributed by atoms with Crippen LogP contribution in [0.4, 0.5) is 14.5 Å². The second-order valence-corrected chi connectivity index (χ2v) is 7.19. The molecule has 1 aromatic carbocycles. The number of likely N-dealkylation sites (tertiary alicyclic amines) is 1. The van der Waals surface area contributed by atoms with Crippen LogP contribution in [0, 0.1) is 17.0 Å². The van der Waals surface area contributed by atoms with Gasteiger partial charge in [0.15, 0.2) is 0 Å². The van der Waals surface area contributed by atoms with E-state index in [1.165, 1.54) is 11.0 Å². The number of halogens is 2. The molecule has 1 aliphatic carbocycles. The van der Waals surface area contributed by atoms with Crippen molar-refractivity contribution in [3.63, 3.8) is 0 Å². The van der Waals surface area contributed by atoms with Gasteiger partial charge in [-0.2, -0.15) is 0 Å². The Morgan fingerprint density at radius 1 is 1.08 bits per heavy atom. The Balaban J connectivity index is 1.61. The molecular formula is C18H20F2N2O2. The Hall–Kier alpha value is -1.98. The highest BCUT2D eigenvalue weighted by molar-refractivity contribution is 6.06. The Kier molecular flexibility index (Phi) is 3.58. The molecule has 24 heavy (non-hydrogen) atoms. The molecule has 3 aliphatic rings. The van der Waals surface area contributed by atoms with Crippen LogP contribution >= 0.6 is 0 Å². The molecule has 0 bridgehead atoms. The summed E-state index contributed by atoms with van der Waals surface area (Å²) in [6.07, 6.45) is 5.12. The van der Waals surface area contributed by atoms with E-state index in [0.29, 0.717) is 24.2 Å². The van der Waals surface area contributed by atoms with E-state index in [9.17, 15) is 18.4 Å². The van der Waals surface area contributed by atoms with Gasteiger partial charge in [0.1, 0.15) is 18.3 Å². The van der Waals surface area contributed by atoms with Gasteiger partial charge in [-0.05, 0) is 37.3 Å². The number of nitrogens with zero attached hydrogens (tertiary/aromatic N) is 2. The normalized spacial score (nSPS) is 22.6. The minimum atomic E-state index is -0.626. The summed E-state index contributed by atoms with van der Waals surface area (Å²) in [4.78, 5) is 28.2. The number of rotatable bonds is 2. The first-order valence-electron chi connectivity index (χ1n) is 8.58. The number of carbonyl (C=O) groups is 2. The lowest BCUT2D eigenvalue weighted by atomic mass is 9.85. The van der Waals surface area contributed by atoms with E-state index in [-0.39, 0.29) is 24.9 Å². The van der Waals surface area contributed by atoms with Crippen LogP contribution < -0.4 is 4.90 Å². The molecular weight excluding hydrogens is 314 g/mol. The Labute approximate surface area is 139 Å². The molecule has 0 atom stereocenters. The van der Waals surface area contributed by atoms with Crippen LogP contribution in [0.1, 0.15) is 44.1 Å². The number of amides is 2. The zero-order valence-corrected chi connectivity index (χ0v) is 13.5. The van der Waals surface area contributed by atoms with Crippen molar-refractivity contribution in [3.05, 3.63) is 29.3 Å². The zero-order chi connectivity index (χ0) is 16.9. The number of carbonyl (C=O) groups excluding carboxylic acids is 2. The van der Waals surface area contributed by atoms with Crippen LogP contribution in [0.15, 0.2) is 12.1 Å². The highest BCUT2D eigenvalue weighted by Crippen LogP contribution is 2.47. The fourth-order valence-electron chi connectivity index (χ4n) is 4.49. The van der Waals surface area contributed by atoms with Gasteiger partial charge >= 0.3 is 0 Å². The molecule has 1 saturated carbocycles.